The van der Waals surface area contributed by atoms with E-state index in [0.29, 0.717) is 11.8 Å². The molecule has 0 bridgehead atoms. The molecule has 4 rings (SSSR count). The standard InChI is InChI=1S/C22H28N4O2/c1-28-19-8-6-18(7-9-19)20-15-21(24-16-23-20)25-10-12-26(13-11-25)22(27)14-17-4-2-3-5-17/h6-9,15-17H,2-5,10-14H2,1H3. The van der Waals surface area contributed by atoms with E-state index >= 15 is 0 Å². The van der Waals surface area contributed by atoms with E-state index in [9.17, 15) is 4.79 Å². The van der Waals surface area contributed by atoms with Crippen LogP contribution in [-0.2, 0) is 4.79 Å². The molecule has 1 amide bonds. The zero-order valence-corrected chi connectivity index (χ0v) is 16.5. The maximum atomic E-state index is 12.6. The zero-order chi connectivity index (χ0) is 19.3. The molecule has 6 nitrogen and oxygen atoms in total. The van der Waals surface area contributed by atoms with Gasteiger partial charge in [-0.25, -0.2) is 9.97 Å². The summed E-state index contributed by atoms with van der Waals surface area (Å²) in [6.07, 6.45) is 7.37. The molecule has 6 heteroatoms. The van der Waals surface area contributed by atoms with Gasteiger partial charge in [-0.15, -0.1) is 0 Å². The lowest BCUT2D eigenvalue weighted by Crippen LogP contribution is -2.49. The van der Waals surface area contributed by atoms with Crippen LogP contribution in [-0.4, -0.2) is 54.1 Å². The highest BCUT2D eigenvalue weighted by atomic mass is 16.5. The number of benzene rings is 1. The van der Waals surface area contributed by atoms with Crippen LogP contribution < -0.4 is 9.64 Å². The minimum atomic E-state index is 0.327. The van der Waals surface area contributed by atoms with Crippen molar-refractivity contribution >= 4 is 11.7 Å². The van der Waals surface area contributed by atoms with Crippen molar-refractivity contribution in [3.63, 3.8) is 0 Å². The summed E-state index contributed by atoms with van der Waals surface area (Å²) in [6, 6.07) is 9.91. The van der Waals surface area contributed by atoms with Gasteiger partial charge in [0.15, 0.2) is 0 Å². The van der Waals surface area contributed by atoms with E-state index < -0.39 is 0 Å². The van der Waals surface area contributed by atoms with Gasteiger partial charge < -0.3 is 14.5 Å². The van der Waals surface area contributed by atoms with Gasteiger partial charge in [0, 0.05) is 44.2 Å². The minimum absolute atomic E-state index is 0.327. The number of nitrogens with zero attached hydrogens (tertiary/aromatic N) is 4. The first kappa shape index (κ1) is 18.7. The second-order valence-corrected chi connectivity index (χ2v) is 7.71. The van der Waals surface area contributed by atoms with Crippen LogP contribution >= 0.6 is 0 Å². The summed E-state index contributed by atoms with van der Waals surface area (Å²) < 4.78 is 5.22. The fourth-order valence-electron chi connectivity index (χ4n) is 4.22. The number of amides is 1. The van der Waals surface area contributed by atoms with Crippen LogP contribution in [0.1, 0.15) is 32.1 Å². The van der Waals surface area contributed by atoms with Crippen molar-refractivity contribution in [2.24, 2.45) is 5.92 Å². The third-order valence-corrected chi connectivity index (χ3v) is 5.93. The molecular formula is C22H28N4O2. The van der Waals surface area contributed by atoms with Gasteiger partial charge in [-0.2, -0.15) is 0 Å². The molecule has 0 radical (unpaired) electrons. The summed E-state index contributed by atoms with van der Waals surface area (Å²) in [5.74, 6) is 2.69. The molecule has 28 heavy (non-hydrogen) atoms. The quantitative estimate of drug-likeness (QED) is 0.796. The van der Waals surface area contributed by atoms with E-state index in [0.717, 1.165) is 55.4 Å². The predicted molar refractivity (Wildman–Crippen MR) is 109 cm³/mol. The Morgan fingerprint density at radius 2 is 1.79 bits per heavy atom. The van der Waals surface area contributed by atoms with Crippen molar-refractivity contribution in [1.82, 2.24) is 14.9 Å². The second-order valence-electron chi connectivity index (χ2n) is 7.71. The lowest BCUT2D eigenvalue weighted by Gasteiger charge is -2.36. The summed E-state index contributed by atoms with van der Waals surface area (Å²) in [5.41, 5.74) is 1.93. The molecule has 2 aliphatic rings. The number of carbonyl (C=O) groups excluding carboxylic acids is 1. The molecule has 0 spiro atoms. The third-order valence-electron chi connectivity index (χ3n) is 5.93. The van der Waals surface area contributed by atoms with Gasteiger partial charge in [-0.1, -0.05) is 12.8 Å². The molecule has 1 aromatic carbocycles. The monoisotopic (exact) mass is 380 g/mol. The summed E-state index contributed by atoms with van der Waals surface area (Å²) in [5, 5.41) is 0. The number of hydrogen-bond donors (Lipinski definition) is 0. The van der Waals surface area contributed by atoms with Crippen LogP contribution in [0, 0.1) is 5.92 Å². The third kappa shape index (κ3) is 4.26. The number of carbonyl (C=O) groups is 1. The molecule has 0 atom stereocenters. The van der Waals surface area contributed by atoms with Crippen molar-refractivity contribution in [1.29, 1.82) is 0 Å². The van der Waals surface area contributed by atoms with Gasteiger partial charge in [-0.05, 0) is 43.0 Å². The lowest BCUT2D eigenvalue weighted by molar-refractivity contribution is -0.132. The van der Waals surface area contributed by atoms with E-state index in [4.69, 9.17) is 4.74 Å². The molecule has 0 unspecified atom stereocenters. The molecule has 2 fully saturated rings. The molecule has 1 saturated heterocycles. The summed E-state index contributed by atoms with van der Waals surface area (Å²) in [4.78, 5) is 25.7. The number of anilines is 1. The van der Waals surface area contributed by atoms with Gasteiger partial charge in [0.1, 0.15) is 17.9 Å². The average molecular weight is 380 g/mol. The second kappa shape index (κ2) is 8.59. The molecule has 1 aromatic heterocycles. The van der Waals surface area contributed by atoms with Crippen LogP contribution in [0.4, 0.5) is 5.82 Å². The Morgan fingerprint density at radius 3 is 2.46 bits per heavy atom. The maximum Gasteiger partial charge on any atom is 0.222 e. The molecule has 1 aliphatic heterocycles. The Hall–Kier alpha value is -2.63. The van der Waals surface area contributed by atoms with E-state index in [1.54, 1.807) is 13.4 Å². The number of aromatic nitrogens is 2. The topological polar surface area (TPSA) is 58.6 Å². The Labute approximate surface area is 166 Å². The van der Waals surface area contributed by atoms with E-state index in [2.05, 4.69) is 14.9 Å². The highest BCUT2D eigenvalue weighted by molar-refractivity contribution is 5.77. The van der Waals surface area contributed by atoms with Crippen LogP contribution in [0.15, 0.2) is 36.7 Å². The van der Waals surface area contributed by atoms with Gasteiger partial charge in [0.05, 0.1) is 12.8 Å². The number of ether oxygens (including phenoxy) is 1. The molecule has 0 N–H and O–H groups in total. The molecule has 148 valence electrons. The van der Waals surface area contributed by atoms with Crippen molar-refractivity contribution in [2.45, 2.75) is 32.1 Å². The van der Waals surface area contributed by atoms with E-state index in [1.165, 1.54) is 25.7 Å². The minimum Gasteiger partial charge on any atom is -0.497 e. The largest absolute Gasteiger partial charge is 0.497 e. The van der Waals surface area contributed by atoms with Gasteiger partial charge >= 0.3 is 0 Å². The van der Waals surface area contributed by atoms with Crippen LogP contribution in [0.5, 0.6) is 5.75 Å². The Balaban J connectivity index is 1.37. The van der Waals surface area contributed by atoms with Crippen molar-refractivity contribution in [3.05, 3.63) is 36.7 Å². The SMILES string of the molecule is COc1ccc(-c2cc(N3CCN(C(=O)CC4CCCC4)CC3)ncn2)cc1. The predicted octanol–water partition coefficient (Wildman–Crippen LogP) is 3.38. The van der Waals surface area contributed by atoms with Gasteiger partial charge in [0.2, 0.25) is 5.91 Å². The summed E-state index contributed by atoms with van der Waals surface area (Å²) >= 11 is 0. The number of hydrogen-bond acceptors (Lipinski definition) is 5. The summed E-state index contributed by atoms with van der Waals surface area (Å²) in [7, 11) is 1.66. The van der Waals surface area contributed by atoms with Crippen LogP contribution in [0.2, 0.25) is 0 Å². The molecule has 2 heterocycles. The van der Waals surface area contributed by atoms with E-state index in [1.807, 2.05) is 35.2 Å². The average Bonchev–Trinajstić information content (AvgIpc) is 3.27. The molecule has 1 saturated carbocycles. The van der Waals surface area contributed by atoms with Crippen molar-refractivity contribution in [3.8, 4) is 17.0 Å². The number of methoxy groups -OCH3 is 1. The van der Waals surface area contributed by atoms with Crippen molar-refractivity contribution < 1.29 is 9.53 Å². The number of rotatable bonds is 5. The van der Waals surface area contributed by atoms with Crippen LogP contribution in [0.3, 0.4) is 0 Å². The fourth-order valence-corrected chi connectivity index (χ4v) is 4.22. The Bertz CT molecular complexity index is 794. The number of piperazine rings is 1. The molecule has 2 aromatic rings. The smallest absolute Gasteiger partial charge is 0.222 e. The lowest BCUT2D eigenvalue weighted by atomic mass is 10.0. The first-order valence-electron chi connectivity index (χ1n) is 10.2. The molecule has 1 aliphatic carbocycles. The normalized spacial score (nSPS) is 17.8. The van der Waals surface area contributed by atoms with Crippen LogP contribution in [0.25, 0.3) is 11.3 Å². The van der Waals surface area contributed by atoms with Gasteiger partial charge in [0.25, 0.3) is 0 Å². The first-order valence-corrected chi connectivity index (χ1v) is 10.2. The summed E-state index contributed by atoms with van der Waals surface area (Å²) in [6.45, 7) is 3.17. The molecular weight excluding hydrogens is 352 g/mol. The van der Waals surface area contributed by atoms with Gasteiger partial charge in [-0.3, -0.25) is 4.79 Å². The first-order chi connectivity index (χ1) is 13.7. The maximum absolute atomic E-state index is 12.6. The zero-order valence-electron chi connectivity index (χ0n) is 16.5. The Kier molecular flexibility index (Phi) is 5.74. The Morgan fingerprint density at radius 1 is 1.07 bits per heavy atom. The van der Waals surface area contributed by atoms with Crippen molar-refractivity contribution in [2.75, 3.05) is 38.2 Å². The fraction of sp³-hybridized carbons (Fsp3) is 0.500. The van der Waals surface area contributed by atoms with E-state index in [-0.39, 0.29) is 0 Å². The highest BCUT2D eigenvalue weighted by Gasteiger charge is 2.25. The highest BCUT2D eigenvalue weighted by Crippen LogP contribution is 2.28.